The maximum absolute atomic E-state index is 12.7. The van der Waals surface area contributed by atoms with E-state index in [1.165, 1.54) is 6.42 Å². The first kappa shape index (κ1) is 22.1. The first-order valence-corrected chi connectivity index (χ1v) is 11.1. The van der Waals surface area contributed by atoms with Crippen LogP contribution in [0, 0.1) is 5.92 Å². The average molecular weight is 412 g/mol. The van der Waals surface area contributed by atoms with Crippen molar-refractivity contribution in [1.29, 1.82) is 0 Å². The van der Waals surface area contributed by atoms with E-state index in [1.54, 1.807) is 6.20 Å². The van der Waals surface area contributed by atoms with Crippen LogP contribution in [0.2, 0.25) is 0 Å². The van der Waals surface area contributed by atoms with Gasteiger partial charge in [0.05, 0.1) is 17.7 Å². The van der Waals surface area contributed by atoms with Gasteiger partial charge in [0.2, 0.25) is 0 Å². The molecule has 30 heavy (non-hydrogen) atoms. The van der Waals surface area contributed by atoms with Crippen LogP contribution in [-0.2, 0) is 6.42 Å². The second-order valence-corrected chi connectivity index (χ2v) is 8.08. The van der Waals surface area contributed by atoms with Crippen LogP contribution >= 0.6 is 0 Å². The molecular weight excluding hydrogens is 378 g/mol. The summed E-state index contributed by atoms with van der Waals surface area (Å²) < 4.78 is 5.77. The van der Waals surface area contributed by atoms with Crippen molar-refractivity contribution >= 4 is 17.4 Å². The fourth-order valence-electron chi connectivity index (χ4n) is 3.59. The van der Waals surface area contributed by atoms with Crippen molar-refractivity contribution in [3.63, 3.8) is 0 Å². The van der Waals surface area contributed by atoms with Crippen molar-refractivity contribution in [3.8, 4) is 5.75 Å². The third-order valence-electron chi connectivity index (χ3n) is 5.63. The summed E-state index contributed by atoms with van der Waals surface area (Å²) in [6, 6.07) is 7.35. The van der Waals surface area contributed by atoms with Crippen LogP contribution in [0.15, 0.2) is 30.5 Å². The van der Waals surface area contributed by atoms with E-state index in [1.807, 2.05) is 24.3 Å². The maximum atomic E-state index is 12.7. The second-order valence-electron chi connectivity index (χ2n) is 8.08. The van der Waals surface area contributed by atoms with E-state index in [-0.39, 0.29) is 11.7 Å². The number of carbonyl (C=O) groups is 2. The Hall–Kier alpha value is -2.60. The number of aromatic nitrogens is 1. The summed E-state index contributed by atoms with van der Waals surface area (Å²) in [6.45, 7) is 7.08. The smallest absolute Gasteiger partial charge is 0.257 e. The molecule has 1 amide bonds. The van der Waals surface area contributed by atoms with E-state index >= 15 is 0 Å². The number of ether oxygens (including phenoxy) is 1. The Morgan fingerprint density at radius 2 is 1.97 bits per heavy atom. The van der Waals surface area contributed by atoms with Crippen molar-refractivity contribution in [2.75, 3.05) is 25.0 Å². The Labute approximate surface area is 178 Å². The number of fused-ring (bicyclic) bond motifs is 1. The second kappa shape index (κ2) is 11.0. The van der Waals surface area contributed by atoms with E-state index in [9.17, 15) is 9.59 Å². The van der Waals surface area contributed by atoms with Gasteiger partial charge in [0.15, 0.2) is 5.78 Å². The molecule has 0 saturated carbocycles. The van der Waals surface area contributed by atoms with Crippen LogP contribution < -0.4 is 15.4 Å². The third kappa shape index (κ3) is 5.95. The number of aromatic amines is 1. The molecule has 1 atom stereocenters. The first-order chi connectivity index (χ1) is 14.6. The zero-order chi connectivity index (χ0) is 21.3. The normalized spacial score (nSPS) is 14.7. The van der Waals surface area contributed by atoms with Gasteiger partial charge in [-0.05, 0) is 69.0 Å². The Kier molecular flexibility index (Phi) is 8.08. The maximum Gasteiger partial charge on any atom is 0.257 e. The van der Waals surface area contributed by atoms with Gasteiger partial charge in [-0.2, -0.15) is 0 Å². The molecule has 6 heteroatoms. The molecule has 162 valence electrons. The van der Waals surface area contributed by atoms with Gasteiger partial charge >= 0.3 is 0 Å². The molecule has 1 aromatic carbocycles. The van der Waals surface area contributed by atoms with E-state index < -0.39 is 0 Å². The predicted octanol–water partition coefficient (Wildman–Crippen LogP) is 4.58. The van der Waals surface area contributed by atoms with Crippen molar-refractivity contribution in [1.82, 2.24) is 10.3 Å². The molecule has 6 nitrogen and oxygen atoms in total. The quantitative estimate of drug-likeness (QED) is 0.395. The van der Waals surface area contributed by atoms with Crippen molar-refractivity contribution in [2.24, 2.45) is 5.92 Å². The molecular formula is C24H33N3O3. The molecule has 0 spiro atoms. The highest BCUT2D eigenvalue weighted by Crippen LogP contribution is 2.24. The minimum absolute atomic E-state index is 0.0521. The number of benzene rings is 1. The van der Waals surface area contributed by atoms with Crippen LogP contribution in [0.4, 0.5) is 5.69 Å². The lowest BCUT2D eigenvalue weighted by molar-refractivity contribution is 0.0965. The molecule has 0 saturated heterocycles. The third-order valence-corrected chi connectivity index (χ3v) is 5.63. The SMILES string of the molecule is CCC(C)CNCCCOc1ccc(NC(=O)c2c[nH]c3c2C(=O)CCCC3)cc1. The lowest BCUT2D eigenvalue weighted by Crippen LogP contribution is -2.23. The highest BCUT2D eigenvalue weighted by Gasteiger charge is 2.24. The summed E-state index contributed by atoms with van der Waals surface area (Å²) in [6.07, 6.45) is 6.94. The molecule has 1 heterocycles. The van der Waals surface area contributed by atoms with Gasteiger partial charge in [-0.25, -0.2) is 0 Å². The summed E-state index contributed by atoms with van der Waals surface area (Å²) >= 11 is 0. The van der Waals surface area contributed by atoms with Crippen LogP contribution in [0.5, 0.6) is 5.75 Å². The zero-order valence-corrected chi connectivity index (χ0v) is 18.1. The number of rotatable bonds is 10. The molecule has 0 fully saturated rings. The van der Waals surface area contributed by atoms with Crippen molar-refractivity contribution in [3.05, 3.63) is 47.3 Å². The zero-order valence-electron chi connectivity index (χ0n) is 18.1. The number of amides is 1. The van der Waals surface area contributed by atoms with Gasteiger partial charge in [0.25, 0.3) is 5.91 Å². The fraction of sp³-hybridized carbons (Fsp3) is 0.500. The molecule has 2 aromatic rings. The average Bonchev–Trinajstić information content (AvgIpc) is 3.10. The van der Waals surface area contributed by atoms with E-state index in [0.29, 0.717) is 35.8 Å². The summed E-state index contributed by atoms with van der Waals surface area (Å²) in [5.74, 6) is 1.27. The summed E-state index contributed by atoms with van der Waals surface area (Å²) in [5, 5.41) is 6.33. The monoisotopic (exact) mass is 411 g/mol. The highest BCUT2D eigenvalue weighted by molar-refractivity contribution is 6.13. The van der Waals surface area contributed by atoms with Crippen LogP contribution in [0.3, 0.4) is 0 Å². The molecule has 0 radical (unpaired) electrons. The Balaban J connectivity index is 1.47. The van der Waals surface area contributed by atoms with E-state index in [0.717, 1.165) is 50.2 Å². The lowest BCUT2D eigenvalue weighted by Gasteiger charge is -2.11. The lowest BCUT2D eigenvalue weighted by atomic mass is 10.0. The van der Waals surface area contributed by atoms with Gasteiger partial charge in [-0.1, -0.05) is 20.3 Å². The predicted molar refractivity (Wildman–Crippen MR) is 120 cm³/mol. The van der Waals surface area contributed by atoms with Gasteiger partial charge in [0, 0.05) is 24.0 Å². The Bertz CT molecular complexity index is 842. The van der Waals surface area contributed by atoms with Crippen LogP contribution in [-0.4, -0.2) is 36.4 Å². The van der Waals surface area contributed by atoms with E-state index in [4.69, 9.17) is 4.74 Å². The molecule has 1 aromatic heterocycles. The highest BCUT2D eigenvalue weighted by atomic mass is 16.5. The standard InChI is InChI=1S/C24H33N3O3/c1-3-17(2)15-25-13-6-14-30-19-11-9-18(10-12-19)27-24(29)20-16-26-21-7-4-5-8-22(28)23(20)21/h9-12,16-17,25-26H,3-8,13-15H2,1-2H3,(H,27,29). The molecule has 0 aliphatic heterocycles. The van der Waals surface area contributed by atoms with Gasteiger partial charge in [0.1, 0.15) is 5.75 Å². The minimum Gasteiger partial charge on any atom is -0.494 e. The number of anilines is 1. The van der Waals surface area contributed by atoms with Gasteiger partial charge < -0.3 is 20.4 Å². The molecule has 3 N–H and O–H groups in total. The van der Waals surface area contributed by atoms with Crippen molar-refractivity contribution in [2.45, 2.75) is 52.4 Å². The topological polar surface area (TPSA) is 83.2 Å². The summed E-state index contributed by atoms with van der Waals surface area (Å²) in [5.41, 5.74) is 2.55. The summed E-state index contributed by atoms with van der Waals surface area (Å²) in [4.78, 5) is 28.2. The van der Waals surface area contributed by atoms with Crippen molar-refractivity contribution < 1.29 is 14.3 Å². The largest absolute Gasteiger partial charge is 0.494 e. The number of hydrogen-bond acceptors (Lipinski definition) is 4. The minimum atomic E-state index is -0.260. The summed E-state index contributed by atoms with van der Waals surface area (Å²) in [7, 11) is 0. The fourth-order valence-corrected chi connectivity index (χ4v) is 3.59. The number of aryl methyl sites for hydroxylation is 1. The number of nitrogens with one attached hydrogen (secondary N) is 3. The Morgan fingerprint density at radius 1 is 1.20 bits per heavy atom. The van der Waals surface area contributed by atoms with E-state index in [2.05, 4.69) is 29.5 Å². The first-order valence-electron chi connectivity index (χ1n) is 11.1. The number of ketones is 1. The molecule has 1 unspecified atom stereocenters. The molecule has 1 aliphatic rings. The number of hydrogen-bond donors (Lipinski definition) is 3. The molecule has 3 rings (SSSR count). The van der Waals surface area contributed by atoms with Crippen LogP contribution in [0.1, 0.15) is 72.4 Å². The van der Waals surface area contributed by atoms with Gasteiger partial charge in [-0.15, -0.1) is 0 Å². The number of Topliss-reactive ketones (excluding diaryl/α,β-unsaturated/α-hetero) is 1. The van der Waals surface area contributed by atoms with Gasteiger partial charge in [-0.3, -0.25) is 9.59 Å². The molecule has 0 bridgehead atoms. The number of H-pyrrole nitrogens is 1. The Morgan fingerprint density at radius 3 is 2.73 bits per heavy atom. The molecule has 1 aliphatic carbocycles. The number of carbonyl (C=O) groups excluding carboxylic acids is 2. The van der Waals surface area contributed by atoms with Crippen LogP contribution in [0.25, 0.3) is 0 Å².